The van der Waals surface area contributed by atoms with Crippen LogP contribution in [0.15, 0.2) is 67.1 Å². The Kier molecular flexibility index (Phi) is 4.36. The van der Waals surface area contributed by atoms with Crippen LogP contribution in [0.5, 0.6) is 0 Å². The smallest absolute Gasteiger partial charge is 0.150 e. The third kappa shape index (κ3) is 3.01. The van der Waals surface area contributed by atoms with Crippen molar-refractivity contribution >= 4 is 22.2 Å². The van der Waals surface area contributed by atoms with Crippen molar-refractivity contribution in [3.63, 3.8) is 0 Å². The van der Waals surface area contributed by atoms with Crippen LogP contribution in [0.3, 0.4) is 0 Å². The van der Waals surface area contributed by atoms with Gasteiger partial charge in [-0.25, -0.2) is 15.0 Å². The topological polar surface area (TPSA) is 102 Å². The minimum Gasteiger partial charge on any atom is -0.396 e. The monoisotopic (exact) mass is 422 g/mol. The fraction of sp³-hybridized carbons (Fsp3) is 0.200. The zero-order valence-corrected chi connectivity index (χ0v) is 17.4. The van der Waals surface area contributed by atoms with E-state index in [-0.39, 0.29) is 6.61 Å². The lowest BCUT2D eigenvalue weighted by molar-refractivity contribution is 0.138. The number of hydrogen-bond donors (Lipinski definition) is 2. The Morgan fingerprint density at radius 3 is 2.66 bits per heavy atom. The molecule has 0 atom stereocenters. The molecular weight excluding hydrogens is 400 g/mol. The van der Waals surface area contributed by atoms with E-state index in [1.165, 1.54) is 0 Å². The predicted octanol–water partition coefficient (Wildman–Crippen LogP) is 4.07. The molecule has 4 heterocycles. The molecule has 0 saturated heterocycles. The lowest BCUT2D eigenvalue weighted by Crippen LogP contribution is -2.26. The number of benzene rings is 1. The number of pyridine rings is 2. The third-order valence-electron chi connectivity index (χ3n) is 6.36. The molecule has 1 aromatic carbocycles. The second-order valence-electron chi connectivity index (χ2n) is 8.39. The fourth-order valence-electron chi connectivity index (χ4n) is 4.59. The van der Waals surface area contributed by atoms with E-state index < -0.39 is 0 Å². The van der Waals surface area contributed by atoms with Crippen LogP contribution in [0.1, 0.15) is 24.6 Å². The molecule has 7 heteroatoms. The summed E-state index contributed by atoms with van der Waals surface area (Å²) in [6.45, 7) is 0.227. The minimum atomic E-state index is 0.227. The van der Waals surface area contributed by atoms with E-state index in [1.807, 2.05) is 30.5 Å². The molecular formula is C25H22N6O. The summed E-state index contributed by atoms with van der Waals surface area (Å²) in [5.74, 6) is 2.09. The Labute approximate surface area is 184 Å². The van der Waals surface area contributed by atoms with Crippen LogP contribution in [-0.4, -0.2) is 36.1 Å². The lowest BCUT2D eigenvalue weighted by atomic mass is 9.75. The number of aliphatic hydroxyl groups excluding tert-OH is 1. The first-order valence-electron chi connectivity index (χ1n) is 10.8. The molecule has 0 unspecified atom stereocenters. The standard InChI is InChI=1S/C25H22N6O/c26-24-23-22(30-25(31(23)10-9-28-24)18-11-15(12-18)14-32)17-5-4-16-6-7-20(29-21(16)13-17)19-3-1-2-8-27-19/h1-10,13,15,18,32H,11-12,14H2,(H2,26,28). The zero-order valence-electron chi connectivity index (χ0n) is 17.4. The molecule has 1 saturated carbocycles. The number of aliphatic hydroxyl groups is 1. The molecule has 6 rings (SSSR count). The second-order valence-corrected chi connectivity index (χ2v) is 8.39. The first-order valence-corrected chi connectivity index (χ1v) is 10.8. The Hall–Kier alpha value is -3.84. The van der Waals surface area contributed by atoms with Gasteiger partial charge in [-0.1, -0.05) is 24.3 Å². The quantitative estimate of drug-likeness (QED) is 0.453. The summed E-state index contributed by atoms with van der Waals surface area (Å²) in [4.78, 5) is 18.6. The van der Waals surface area contributed by atoms with E-state index in [9.17, 15) is 5.11 Å². The summed E-state index contributed by atoms with van der Waals surface area (Å²) in [7, 11) is 0. The molecule has 32 heavy (non-hydrogen) atoms. The zero-order chi connectivity index (χ0) is 21.7. The molecule has 7 nitrogen and oxygen atoms in total. The number of nitrogens with two attached hydrogens (primary N) is 1. The number of nitrogen functional groups attached to an aromatic ring is 1. The first kappa shape index (κ1) is 18.9. The van der Waals surface area contributed by atoms with Gasteiger partial charge in [-0.05, 0) is 43.0 Å². The number of aromatic nitrogens is 5. The van der Waals surface area contributed by atoms with E-state index in [1.54, 1.807) is 12.4 Å². The molecule has 158 valence electrons. The SMILES string of the molecule is Nc1nccn2c(C3CC(CO)C3)nc(-c3ccc4ccc(-c5ccccn5)nc4c3)c12. The molecule has 4 aromatic heterocycles. The van der Waals surface area contributed by atoms with Crippen LogP contribution in [-0.2, 0) is 0 Å². The molecule has 0 radical (unpaired) electrons. The Bertz CT molecular complexity index is 1440. The van der Waals surface area contributed by atoms with E-state index >= 15 is 0 Å². The van der Waals surface area contributed by atoms with Crippen molar-refractivity contribution in [1.82, 2.24) is 24.3 Å². The second kappa shape index (κ2) is 7.39. The van der Waals surface area contributed by atoms with Crippen molar-refractivity contribution in [2.75, 3.05) is 12.3 Å². The van der Waals surface area contributed by atoms with Crippen molar-refractivity contribution in [3.8, 4) is 22.6 Å². The average molecular weight is 422 g/mol. The van der Waals surface area contributed by atoms with Gasteiger partial charge in [0.2, 0.25) is 0 Å². The molecule has 0 bridgehead atoms. The largest absolute Gasteiger partial charge is 0.396 e. The van der Waals surface area contributed by atoms with Crippen molar-refractivity contribution in [2.45, 2.75) is 18.8 Å². The van der Waals surface area contributed by atoms with E-state index in [2.05, 4.69) is 38.6 Å². The summed E-state index contributed by atoms with van der Waals surface area (Å²) in [5, 5.41) is 10.5. The molecule has 0 amide bonds. The predicted molar refractivity (Wildman–Crippen MR) is 124 cm³/mol. The van der Waals surface area contributed by atoms with Crippen molar-refractivity contribution in [3.05, 3.63) is 72.9 Å². The normalized spacial score (nSPS) is 18.2. The minimum absolute atomic E-state index is 0.227. The molecule has 5 aromatic rings. The van der Waals surface area contributed by atoms with Crippen molar-refractivity contribution < 1.29 is 5.11 Å². The highest BCUT2D eigenvalue weighted by molar-refractivity contribution is 5.91. The van der Waals surface area contributed by atoms with Crippen LogP contribution >= 0.6 is 0 Å². The number of nitrogens with zero attached hydrogens (tertiary/aromatic N) is 5. The summed E-state index contributed by atoms with van der Waals surface area (Å²) in [6, 6.07) is 16.0. The average Bonchev–Trinajstić information content (AvgIpc) is 3.19. The highest BCUT2D eigenvalue weighted by Gasteiger charge is 2.33. The third-order valence-corrected chi connectivity index (χ3v) is 6.36. The fourth-order valence-corrected chi connectivity index (χ4v) is 4.59. The number of fused-ring (bicyclic) bond motifs is 2. The van der Waals surface area contributed by atoms with Crippen LogP contribution < -0.4 is 5.73 Å². The van der Waals surface area contributed by atoms with E-state index in [0.717, 1.165) is 57.7 Å². The molecule has 1 aliphatic rings. The Morgan fingerprint density at radius 1 is 0.969 bits per heavy atom. The van der Waals surface area contributed by atoms with Gasteiger partial charge in [-0.3, -0.25) is 9.38 Å². The van der Waals surface area contributed by atoms with Crippen molar-refractivity contribution in [2.24, 2.45) is 5.92 Å². The number of anilines is 1. The maximum atomic E-state index is 9.43. The maximum Gasteiger partial charge on any atom is 0.150 e. The van der Waals surface area contributed by atoms with Gasteiger partial charge in [-0.2, -0.15) is 0 Å². The number of hydrogen-bond acceptors (Lipinski definition) is 6. The molecule has 3 N–H and O–H groups in total. The van der Waals surface area contributed by atoms with Gasteiger partial charge in [0.1, 0.15) is 22.9 Å². The van der Waals surface area contributed by atoms with Gasteiger partial charge >= 0.3 is 0 Å². The summed E-state index contributed by atoms with van der Waals surface area (Å²) < 4.78 is 2.05. The van der Waals surface area contributed by atoms with Gasteiger partial charge < -0.3 is 10.8 Å². The summed E-state index contributed by atoms with van der Waals surface area (Å²) in [5.41, 5.74) is 11.4. The first-order chi connectivity index (χ1) is 15.7. The van der Waals surface area contributed by atoms with Gasteiger partial charge in [0.25, 0.3) is 0 Å². The lowest BCUT2D eigenvalue weighted by Gasteiger charge is -2.32. The van der Waals surface area contributed by atoms with Crippen LogP contribution in [0.4, 0.5) is 5.82 Å². The van der Waals surface area contributed by atoms with E-state index in [0.29, 0.717) is 17.7 Å². The highest BCUT2D eigenvalue weighted by atomic mass is 16.3. The van der Waals surface area contributed by atoms with Gasteiger partial charge in [0, 0.05) is 42.1 Å². The molecule has 1 aliphatic carbocycles. The maximum absolute atomic E-state index is 9.43. The van der Waals surface area contributed by atoms with Crippen LogP contribution in [0, 0.1) is 5.92 Å². The molecule has 0 spiro atoms. The Balaban J connectivity index is 1.49. The van der Waals surface area contributed by atoms with Gasteiger partial charge in [0.05, 0.1) is 16.9 Å². The van der Waals surface area contributed by atoms with Gasteiger partial charge in [-0.15, -0.1) is 0 Å². The highest BCUT2D eigenvalue weighted by Crippen LogP contribution is 2.43. The van der Waals surface area contributed by atoms with E-state index in [4.69, 9.17) is 15.7 Å². The Morgan fingerprint density at radius 2 is 1.84 bits per heavy atom. The van der Waals surface area contributed by atoms with Gasteiger partial charge in [0.15, 0.2) is 0 Å². The van der Waals surface area contributed by atoms with Crippen LogP contribution in [0.2, 0.25) is 0 Å². The number of imidazole rings is 1. The van der Waals surface area contributed by atoms with Crippen molar-refractivity contribution in [1.29, 1.82) is 0 Å². The molecule has 1 fully saturated rings. The number of rotatable bonds is 4. The summed E-state index contributed by atoms with van der Waals surface area (Å²) in [6.07, 6.45) is 7.27. The van der Waals surface area contributed by atoms with Crippen LogP contribution in [0.25, 0.3) is 39.1 Å². The molecule has 0 aliphatic heterocycles. The summed E-state index contributed by atoms with van der Waals surface area (Å²) >= 11 is 0.